The molecule has 2 bridgehead atoms. The van der Waals surface area contributed by atoms with Gasteiger partial charge in [0.25, 0.3) is 5.91 Å². The lowest BCUT2D eigenvalue weighted by atomic mass is 9.82. The molecule has 5 heterocycles. The second kappa shape index (κ2) is 12.2. The summed E-state index contributed by atoms with van der Waals surface area (Å²) >= 11 is 0. The first kappa shape index (κ1) is 30.6. The van der Waals surface area contributed by atoms with Crippen molar-refractivity contribution in [3.63, 3.8) is 0 Å². The second-order valence-corrected chi connectivity index (χ2v) is 14.1. The van der Waals surface area contributed by atoms with Gasteiger partial charge in [0.15, 0.2) is 11.3 Å². The van der Waals surface area contributed by atoms with Crippen molar-refractivity contribution in [2.24, 2.45) is 5.92 Å². The van der Waals surface area contributed by atoms with Crippen LogP contribution in [-0.2, 0) is 20.4 Å². The van der Waals surface area contributed by atoms with Gasteiger partial charge in [0.05, 0.1) is 17.4 Å². The maximum atomic E-state index is 15.0. The minimum Gasteiger partial charge on any atom is -0.339 e. The number of fused-ring (bicyclic) bond motifs is 2. The highest BCUT2D eigenvalue weighted by Crippen LogP contribution is 2.47. The van der Waals surface area contributed by atoms with Crippen LogP contribution in [0.25, 0.3) is 0 Å². The van der Waals surface area contributed by atoms with E-state index < -0.39 is 15.6 Å². The smallest absolute Gasteiger partial charge is 0.263 e. The first-order valence-corrected chi connectivity index (χ1v) is 17.0. The highest BCUT2D eigenvalue weighted by Gasteiger charge is 2.57. The van der Waals surface area contributed by atoms with Crippen LogP contribution in [0.15, 0.2) is 85.2 Å². The van der Waals surface area contributed by atoms with Crippen molar-refractivity contribution in [2.75, 3.05) is 19.3 Å². The predicted octanol–water partition coefficient (Wildman–Crippen LogP) is 4.07. The summed E-state index contributed by atoms with van der Waals surface area (Å²) in [6, 6.07) is 15.6. The Morgan fingerprint density at radius 3 is 2.04 bits per heavy atom. The topological polar surface area (TPSA) is 128 Å². The number of rotatable bonds is 9. The number of hydrogen-bond acceptors (Lipinski definition) is 8. The Morgan fingerprint density at radius 2 is 1.53 bits per heavy atom. The Hall–Kier alpha value is -4.40. The van der Waals surface area contributed by atoms with E-state index >= 15 is 0 Å². The molecule has 3 aliphatic heterocycles. The maximum Gasteiger partial charge on any atom is 0.263 e. The minimum absolute atomic E-state index is 0.0482. The van der Waals surface area contributed by atoms with Crippen LogP contribution in [0.3, 0.4) is 0 Å². The number of benzene rings is 1. The quantitative estimate of drug-likeness (QED) is 0.258. The molecule has 2 unspecified atom stereocenters. The van der Waals surface area contributed by atoms with Gasteiger partial charge in [-0.1, -0.05) is 6.92 Å². The lowest BCUT2D eigenvalue weighted by Gasteiger charge is -2.39. The molecule has 45 heavy (non-hydrogen) atoms. The number of aromatic nitrogens is 2. The lowest BCUT2D eigenvalue weighted by molar-refractivity contribution is -0.132. The number of piperidine rings is 1. The molecule has 0 saturated carbocycles. The number of carbonyl (C=O) groups excluding carboxylic acids is 2. The van der Waals surface area contributed by atoms with Gasteiger partial charge in [-0.3, -0.25) is 24.5 Å². The summed E-state index contributed by atoms with van der Waals surface area (Å²) in [7, 11) is -1.52. The van der Waals surface area contributed by atoms with E-state index in [1.165, 1.54) is 6.08 Å². The molecular formula is C34H36N6O4S. The molecule has 2 atom stereocenters. The number of hydrogen-bond donors (Lipinski definition) is 0. The van der Waals surface area contributed by atoms with Crippen molar-refractivity contribution in [1.82, 2.24) is 24.1 Å². The number of sulfonamides is 1. The molecule has 232 valence electrons. The molecule has 0 spiro atoms. The molecule has 6 rings (SSSR count). The third kappa shape index (κ3) is 5.32. The summed E-state index contributed by atoms with van der Waals surface area (Å²) < 4.78 is 28.0. The van der Waals surface area contributed by atoms with E-state index in [2.05, 4.69) is 16.0 Å². The van der Waals surface area contributed by atoms with Crippen LogP contribution in [0.2, 0.25) is 0 Å². The normalized spacial score (nSPS) is 23.8. The molecule has 3 aliphatic rings. The van der Waals surface area contributed by atoms with Crippen LogP contribution in [0, 0.1) is 17.2 Å². The number of ketones is 1. The van der Waals surface area contributed by atoms with E-state index in [4.69, 9.17) is 0 Å². The number of pyridine rings is 2. The molecular weight excluding hydrogens is 588 g/mol. The fraction of sp³-hybridized carbons (Fsp3) is 0.382. The molecule has 1 amide bonds. The van der Waals surface area contributed by atoms with Gasteiger partial charge in [-0.25, -0.2) is 8.42 Å². The molecule has 0 radical (unpaired) electrons. The summed E-state index contributed by atoms with van der Waals surface area (Å²) in [5, 5.41) is 9.21. The Labute approximate surface area is 264 Å². The van der Waals surface area contributed by atoms with E-state index in [-0.39, 0.29) is 35.4 Å². The van der Waals surface area contributed by atoms with Crippen LogP contribution < -0.4 is 0 Å². The van der Waals surface area contributed by atoms with Crippen LogP contribution in [-0.4, -0.2) is 75.6 Å². The van der Waals surface area contributed by atoms with Gasteiger partial charge in [-0.15, -0.1) is 0 Å². The molecule has 3 saturated heterocycles. The largest absolute Gasteiger partial charge is 0.339 e. The second-order valence-electron chi connectivity index (χ2n) is 12.1. The molecule has 1 aromatic carbocycles. The van der Waals surface area contributed by atoms with E-state index in [1.807, 2.05) is 43.1 Å². The molecule has 10 nitrogen and oxygen atoms in total. The molecule has 11 heteroatoms. The molecule has 0 aliphatic carbocycles. The summed E-state index contributed by atoms with van der Waals surface area (Å²) in [6.07, 6.45) is 11.6. The maximum absolute atomic E-state index is 15.0. The van der Waals surface area contributed by atoms with Gasteiger partial charge >= 0.3 is 0 Å². The zero-order valence-corrected chi connectivity index (χ0v) is 26.2. The van der Waals surface area contributed by atoms with Gasteiger partial charge in [0, 0.05) is 62.1 Å². The third-order valence-corrected chi connectivity index (χ3v) is 11.6. The van der Waals surface area contributed by atoms with Crippen molar-refractivity contribution in [1.29, 1.82) is 5.26 Å². The van der Waals surface area contributed by atoms with Crippen molar-refractivity contribution in [2.45, 2.75) is 56.7 Å². The molecule has 3 fully saturated rings. The summed E-state index contributed by atoms with van der Waals surface area (Å²) in [6.45, 7) is 2.23. The molecule has 0 N–H and O–H groups in total. The molecule has 2 aromatic heterocycles. The van der Waals surface area contributed by atoms with E-state index in [0.29, 0.717) is 53.9 Å². The number of nitrogens with zero attached hydrogens (tertiary/aromatic N) is 6. The zero-order valence-electron chi connectivity index (χ0n) is 25.4. The highest BCUT2D eigenvalue weighted by molar-refractivity contribution is 7.89. The van der Waals surface area contributed by atoms with Gasteiger partial charge in [-0.05, 0) is 97.7 Å². The zero-order chi connectivity index (χ0) is 31.8. The van der Waals surface area contributed by atoms with Crippen molar-refractivity contribution in [3.05, 3.63) is 107 Å². The lowest BCUT2D eigenvalue weighted by Crippen LogP contribution is -2.49. The van der Waals surface area contributed by atoms with Gasteiger partial charge in [0.1, 0.15) is 5.82 Å². The Morgan fingerprint density at radius 1 is 0.978 bits per heavy atom. The number of likely N-dealkylation sites (N-methyl/N-ethyl adjacent to an activating group) is 1. The Kier molecular flexibility index (Phi) is 8.29. The number of allylic oxidation sites excluding steroid dienone is 1. The third-order valence-electron chi connectivity index (χ3n) is 9.42. The summed E-state index contributed by atoms with van der Waals surface area (Å²) in [4.78, 5) is 40.6. The number of carbonyl (C=O) groups is 2. The van der Waals surface area contributed by atoms with Crippen LogP contribution in [0.4, 0.5) is 0 Å². The first-order chi connectivity index (χ1) is 21.7. The SMILES string of the molecule is CCCS(=O)(=O)N1C2CCC1CC(CN1C(=O)C(c3ccncc3)(c3ccncc3)N(C)C1=CC(=O)c1ccc(C#N)cc1)C2. The van der Waals surface area contributed by atoms with Crippen molar-refractivity contribution < 1.29 is 18.0 Å². The van der Waals surface area contributed by atoms with Gasteiger partial charge < -0.3 is 4.90 Å². The fourth-order valence-corrected chi connectivity index (χ4v) is 9.53. The van der Waals surface area contributed by atoms with Crippen molar-refractivity contribution >= 4 is 21.7 Å². The van der Waals surface area contributed by atoms with Crippen LogP contribution in [0.1, 0.15) is 66.1 Å². The average molecular weight is 625 g/mol. The van der Waals surface area contributed by atoms with E-state index in [1.54, 1.807) is 58.3 Å². The van der Waals surface area contributed by atoms with E-state index in [9.17, 15) is 23.3 Å². The Bertz CT molecular complexity index is 1700. The predicted molar refractivity (Wildman–Crippen MR) is 168 cm³/mol. The highest BCUT2D eigenvalue weighted by atomic mass is 32.2. The fourth-order valence-electron chi connectivity index (χ4n) is 7.52. The van der Waals surface area contributed by atoms with E-state index in [0.717, 1.165) is 12.8 Å². The van der Waals surface area contributed by atoms with Gasteiger partial charge in [0.2, 0.25) is 10.0 Å². The summed E-state index contributed by atoms with van der Waals surface area (Å²) in [5.74, 6) is 0.156. The number of amides is 1. The monoisotopic (exact) mass is 624 g/mol. The van der Waals surface area contributed by atoms with Crippen molar-refractivity contribution in [3.8, 4) is 6.07 Å². The standard InChI is InChI=1S/C34H36N6O4S/c1-3-18-45(43,44)40-29-8-9-30(40)20-25(19-29)23-39-32(21-31(41)26-6-4-24(22-35)5-7-26)38(2)34(33(39)42,27-10-14-36-15-11-27)28-12-16-37-17-13-28/h4-7,10-17,21,25,29-30H,3,8-9,18-20,23H2,1-2H3. The van der Waals surface area contributed by atoms with Gasteiger partial charge in [-0.2, -0.15) is 9.57 Å². The molecule has 3 aromatic rings. The minimum atomic E-state index is -3.34. The Balaban J connectivity index is 1.41. The number of nitriles is 1. The average Bonchev–Trinajstić information content (AvgIpc) is 3.45. The van der Waals surface area contributed by atoms with Crippen LogP contribution in [0.5, 0.6) is 0 Å². The van der Waals surface area contributed by atoms with Crippen LogP contribution >= 0.6 is 0 Å². The summed E-state index contributed by atoms with van der Waals surface area (Å²) in [5.41, 5.74) is 0.977. The first-order valence-electron chi connectivity index (χ1n) is 15.3.